The van der Waals surface area contributed by atoms with Crippen LogP contribution in [0.5, 0.6) is 0 Å². The fourth-order valence-electron chi connectivity index (χ4n) is 2.73. The number of hydrogen-bond donors (Lipinski definition) is 1. The Morgan fingerprint density at radius 1 is 1.15 bits per heavy atom. The SMILES string of the molecule is C/C(Cc1c(Cl)ccc(C(=O)O)c1Cl)=N\c1c(C)ccc(C(F)(F)F)c1C. The van der Waals surface area contributed by atoms with E-state index in [-0.39, 0.29) is 33.3 Å². The van der Waals surface area contributed by atoms with Crippen molar-refractivity contribution >= 4 is 40.6 Å². The summed E-state index contributed by atoms with van der Waals surface area (Å²) in [6.07, 6.45) is -4.37. The summed E-state index contributed by atoms with van der Waals surface area (Å²) >= 11 is 12.3. The minimum Gasteiger partial charge on any atom is -0.478 e. The van der Waals surface area contributed by atoms with Gasteiger partial charge < -0.3 is 5.11 Å². The molecule has 0 amide bonds. The quantitative estimate of drug-likeness (QED) is 0.565. The van der Waals surface area contributed by atoms with Gasteiger partial charge in [-0.25, -0.2) is 4.79 Å². The average molecular weight is 418 g/mol. The van der Waals surface area contributed by atoms with Crippen molar-refractivity contribution in [3.63, 3.8) is 0 Å². The maximum atomic E-state index is 13.1. The first-order chi connectivity index (χ1) is 12.4. The van der Waals surface area contributed by atoms with Crippen molar-refractivity contribution in [2.45, 2.75) is 33.4 Å². The molecule has 0 atom stereocenters. The third-order valence-corrected chi connectivity index (χ3v) is 4.88. The number of carboxylic acid groups (broad SMARTS) is 1. The largest absolute Gasteiger partial charge is 0.478 e. The van der Waals surface area contributed by atoms with Gasteiger partial charge in [-0.05, 0) is 55.7 Å². The Kier molecular flexibility index (Phi) is 6.22. The molecule has 0 bridgehead atoms. The van der Waals surface area contributed by atoms with Crippen LogP contribution >= 0.6 is 23.2 Å². The first-order valence-corrected chi connectivity index (χ1v) is 8.60. The molecule has 3 nitrogen and oxygen atoms in total. The Morgan fingerprint density at radius 2 is 1.78 bits per heavy atom. The van der Waals surface area contributed by atoms with Crippen LogP contribution in [0.2, 0.25) is 10.0 Å². The van der Waals surface area contributed by atoms with E-state index in [1.807, 2.05) is 0 Å². The van der Waals surface area contributed by atoms with Crippen LogP contribution in [0.15, 0.2) is 29.3 Å². The standard InChI is InChI=1S/C19H16Cl2F3NO2/c1-9-4-6-14(19(22,23)24)11(3)17(9)25-10(2)8-13-15(20)7-5-12(16(13)21)18(26)27/h4-7H,8H2,1-3H3,(H,26,27)/b25-10+. The fraction of sp³-hybridized carbons (Fsp3) is 0.263. The van der Waals surface area contributed by atoms with Gasteiger partial charge in [0.05, 0.1) is 21.8 Å². The van der Waals surface area contributed by atoms with Crippen molar-refractivity contribution < 1.29 is 23.1 Å². The number of halogens is 5. The third kappa shape index (κ3) is 4.62. The summed E-state index contributed by atoms with van der Waals surface area (Å²) in [6, 6.07) is 5.11. The van der Waals surface area contributed by atoms with Crippen LogP contribution < -0.4 is 0 Å². The van der Waals surface area contributed by atoms with Gasteiger partial charge in [0.1, 0.15) is 0 Å². The predicted molar refractivity (Wildman–Crippen MR) is 101 cm³/mol. The molecule has 2 aromatic carbocycles. The number of alkyl halides is 3. The molecule has 2 rings (SSSR count). The molecule has 0 aliphatic rings. The molecule has 0 spiro atoms. The Bertz CT molecular complexity index is 938. The van der Waals surface area contributed by atoms with Gasteiger partial charge in [-0.1, -0.05) is 29.3 Å². The zero-order valence-corrected chi connectivity index (χ0v) is 16.2. The Labute approximate surface area is 164 Å². The van der Waals surface area contributed by atoms with Gasteiger partial charge in [-0.3, -0.25) is 4.99 Å². The highest BCUT2D eigenvalue weighted by Crippen LogP contribution is 2.37. The number of hydrogen-bond acceptors (Lipinski definition) is 2. The highest BCUT2D eigenvalue weighted by atomic mass is 35.5. The van der Waals surface area contributed by atoms with Crippen molar-refractivity contribution in [3.8, 4) is 0 Å². The van der Waals surface area contributed by atoms with Crippen LogP contribution in [-0.2, 0) is 12.6 Å². The highest BCUT2D eigenvalue weighted by molar-refractivity contribution is 6.38. The fourth-order valence-corrected chi connectivity index (χ4v) is 3.31. The zero-order chi connectivity index (χ0) is 20.5. The Balaban J connectivity index is 2.49. The molecule has 0 unspecified atom stereocenters. The maximum absolute atomic E-state index is 13.1. The Hall–Kier alpha value is -2.05. The van der Waals surface area contributed by atoms with Gasteiger partial charge in [0.15, 0.2) is 0 Å². The van der Waals surface area contributed by atoms with E-state index in [9.17, 15) is 18.0 Å². The molecule has 27 heavy (non-hydrogen) atoms. The molecule has 0 aliphatic heterocycles. The van der Waals surface area contributed by atoms with E-state index < -0.39 is 17.7 Å². The van der Waals surface area contributed by atoms with Crippen molar-refractivity contribution in [1.29, 1.82) is 0 Å². The van der Waals surface area contributed by atoms with Crippen molar-refractivity contribution in [3.05, 3.63) is 62.1 Å². The van der Waals surface area contributed by atoms with E-state index >= 15 is 0 Å². The summed E-state index contributed by atoms with van der Waals surface area (Å²) in [7, 11) is 0. The van der Waals surface area contributed by atoms with Gasteiger partial charge in [0.25, 0.3) is 0 Å². The smallest absolute Gasteiger partial charge is 0.416 e. The molecule has 8 heteroatoms. The van der Waals surface area contributed by atoms with Crippen LogP contribution in [-0.4, -0.2) is 16.8 Å². The van der Waals surface area contributed by atoms with Gasteiger partial charge in [-0.2, -0.15) is 13.2 Å². The molecule has 0 aromatic heterocycles. The van der Waals surface area contributed by atoms with E-state index in [2.05, 4.69) is 4.99 Å². The summed E-state index contributed by atoms with van der Waals surface area (Å²) in [6.45, 7) is 4.66. The number of carbonyl (C=O) groups is 1. The minimum absolute atomic E-state index is 0.0120. The van der Waals surface area contributed by atoms with Crippen molar-refractivity contribution in [2.75, 3.05) is 0 Å². The third-order valence-electron chi connectivity index (χ3n) is 4.09. The lowest BCUT2D eigenvalue weighted by molar-refractivity contribution is -0.138. The lowest BCUT2D eigenvalue weighted by atomic mass is 10.0. The molecule has 0 fully saturated rings. The van der Waals surface area contributed by atoms with Crippen LogP contribution in [0.4, 0.5) is 18.9 Å². The summed E-state index contributed by atoms with van der Waals surface area (Å²) in [4.78, 5) is 15.6. The summed E-state index contributed by atoms with van der Waals surface area (Å²) in [5.74, 6) is -1.20. The summed E-state index contributed by atoms with van der Waals surface area (Å²) < 4.78 is 39.4. The number of aryl methyl sites for hydroxylation is 1. The second-order valence-electron chi connectivity index (χ2n) is 6.12. The zero-order valence-electron chi connectivity index (χ0n) is 14.7. The van der Waals surface area contributed by atoms with Gasteiger partial charge >= 0.3 is 12.1 Å². The first kappa shape index (κ1) is 21.3. The number of aliphatic imine (C=N–C) groups is 1. The number of nitrogens with zero attached hydrogens (tertiary/aromatic N) is 1. The molecular formula is C19H16Cl2F3NO2. The highest BCUT2D eigenvalue weighted by Gasteiger charge is 2.33. The van der Waals surface area contributed by atoms with Gasteiger partial charge in [0.2, 0.25) is 0 Å². The normalized spacial score (nSPS) is 12.4. The van der Waals surface area contributed by atoms with E-state index in [4.69, 9.17) is 28.3 Å². The summed E-state index contributed by atoms with van der Waals surface area (Å²) in [5, 5.41) is 9.41. The van der Waals surface area contributed by atoms with Crippen LogP contribution in [0, 0.1) is 13.8 Å². The minimum atomic E-state index is -4.47. The molecule has 0 radical (unpaired) electrons. The molecule has 144 valence electrons. The number of rotatable bonds is 4. The molecule has 0 aliphatic carbocycles. The molecule has 0 saturated carbocycles. The van der Waals surface area contributed by atoms with Crippen LogP contribution in [0.25, 0.3) is 0 Å². The molecule has 0 saturated heterocycles. The van der Waals surface area contributed by atoms with E-state index in [0.717, 1.165) is 6.07 Å². The van der Waals surface area contributed by atoms with E-state index in [0.29, 0.717) is 16.8 Å². The number of aromatic carboxylic acids is 1. The van der Waals surface area contributed by atoms with Crippen LogP contribution in [0.3, 0.4) is 0 Å². The molecular weight excluding hydrogens is 402 g/mol. The van der Waals surface area contributed by atoms with Gasteiger partial charge in [0, 0.05) is 17.2 Å². The predicted octanol–water partition coefficient (Wildman–Crippen LogP) is 6.66. The van der Waals surface area contributed by atoms with E-state index in [1.165, 1.54) is 25.1 Å². The summed E-state index contributed by atoms with van der Waals surface area (Å²) in [5.41, 5.74) is 0.811. The Morgan fingerprint density at radius 3 is 2.33 bits per heavy atom. The number of benzene rings is 2. The molecule has 2 aromatic rings. The van der Waals surface area contributed by atoms with Crippen molar-refractivity contribution in [1.82, 2.24) is 0 Å². The topological polar surface area (TPSA) is 49.7 Å². The number of carboxylic acids is 1. The van der Waals surface area contributed by atoms with Crippen LogP contribution in [0.1, 0.15) is 39.5 Å². The second kappa shape index (κ2) is 7.90. The molecule has 0 heterocycles. The van der Waals surface area contributed by atoms with E-state index in [1.54, 1.807) is 13.8 Å². The average Bonchev–Trinajstić information content (AvgIpc) is 2.53. The molecule has 1 N–H and O–H groups in total. The second-order valence-corrected chi connectivity index (χ2v) is 6.90. The monoisotopic (exact) mass is 417 g/mol. The van der Waals surface area contributed by atoms with Gasteiger partial charge in [-0.15, -0.1) is 0 Å². The lowest BCUT2D eigenvalue weighted by Gasteiger charge is -2.15. The first-order valence-electron chi connectivity index (χ1n) is 7.85. The van der Waals surface area contributed by atoms with Crippen molar-refractivity contribution in [2.24, 2.45) is 4.99 Å². The lowest BCUT2D eigenvalue weighted by Crippen LogP contribution is -2.08. The maximum Gasteiger partial charge on any atom is 0.416 e.